The first kappa shape index (κ1) is 40.5. The molecule has 0 atom stereocenters. The number of halogens is 1. The Bertz CT molecular complexity index is 1800. The molecule has 270 valence electrons. The molecule has 18 heteroatoms. The lowest BCUT2D eigenvalue weighted by Gasteiger charge is -2.16. The van der Waals surface area contributed by atoms with Gasteiger partial charge in [-0.25, -0.2) is 9.97 Å². The second-order valence-electron chi connectivity index (χ2n) is 9.99. The number of fused-ring (bicyclic) bond motifs is 1. The van der Waals surface area contributed by atoms with Gasteiger partial charge < -0.3 is 38.6 Å². The highest BCUT2D eigenvalue weighted by molar-refractivity contribution is 7.55. The Morgan fingerprint density at radius 3 is 2.02 bits per heavy atom. The quantitative estimate of drug-likeness (QED) is 0.0843. The van der Waals surface area contributed by atoms with Gasteiger partial charge in [-0.15, -0.1) is 0 Å². The summed E-state index contributed by atoms with van der Waals surface area (Å²) in [6.45, 7) is 7.66. The number of nitrogens with one attached hydrogen (secondary N) is 2. The van der Waals surface area contributed by atoms with Crippen LogP contribution in [0.4, 0.5) is 17.2 Å². The van der Waals surface area contributed by atoms with Gasteiger partial charge in [-0.2, -0.15) is 0 Å². The molecule has 0 saturated heterocycles. The standard InChI is InChI=1S/C26H27ClN5O5P.C6H13O5P/c1-3-36-38(34,37-4-2)16-25(33)31-18-8-10-23-21(13-18)26(30-17-29-23)32-19-9-11-24(22(27)14-19)35-15-20-7-5-6-12-28-20;1-3-10-12(9,11-4-2)5-6(7)8/h5-14,17H,3-4,15-16H2,1-2H3,(H,31,33)(H,29,30,32);3-5H2,1-2H3,(H,7,8). The summed E-state index contributed by atoms with van der Waals surface area (Å²) in [6, 6.07) is 16.1. The molecule has 0 aliphatic rings. The number of amides is 1. The van der Waals surface area contributed by atoms with Gasteiger partial charge in [0.15, 0.2) is 0 Å². The van der Waals surface area contributed by atoms with Crippen molar-refractivity contribution in [2.45, 2.75) is 34.3 Å². The maximum atomic E-state index is 12.7. The summed E-state index contributed by atoms with van der Waals surface area (Å²) in [5, 5.41) is 15.4. The van der Waals surface area contributed by atoms with E-state index in [0.717, 1.165) is 5.69 Å². The number of pyridine rings is 1. The van der Waals surface area contributed by atoms with Gasteiger partial charge in [-0.05, 0) is 76.2 Å². The molecule has 1 amide bonds. The molecule has 4 aromatic rings. The molecule has 0 unspecified atom stereocenters. The van der Waals surface area contributed by atoms with Crippen molar-refractivity contribution < 1.29 is 46.7 Å². The maximum Gasteiger partial charge on any atom is 0.341 e. The zero-order chi connectivity index (χ0) is 36.6. The highest BCUT2D eigenvalue weighted by atomic mass is 35.5. The monoisotopic (exact) mass is 751 g/mol. The number of anilines is 3. The highest BCUT2D eigenvalue weighted by Crippen LogP contribution is 2.48. The summed E-state index contributed by atoms with van der Waals surface area (Å²) < 4.78 is 49.8. The summed E-state index contributed by atoms with van der Waals surface area (Å²) in [6.07, 6.45) is 2.18. The van der Waals surface area contributed by atoms with E-state index in [0.29, 0.717) is 45.5 Å². The summed E-state index contributed by atoms with van der Waals surface area (Å²) in [5.74, 6) is -0.635. The van der Waals surface area contributed by atoms with Crippen molar-refractivity contribution in [3.05, 3.63) is 77.8 Å². The van der Waals surface area contributed by atoms with E-state index in [4.69, 9.17) is 39.5 Å². The van der Waals surface area contributed by atoms with E-state index in [1.807, 2.05) is 24.3 Å². The summed E-state index contributed by atoms with van der Waals surface area (Å²) in [5.41, 5.74) is 2.62. The number of nitrogens with zero attached hydrogens (tertiary/aromatic N) is 3. The molecule has 4 rings (SSSR count). The van der Waals surface area contributed by atoms with E-state index < -0.39 is 39.4 Å². The van der Waals surface area contributed by atoms with Gasteiger partial charge in [0.05, 0.1) is 42.7 Å². The van der Waals surface area contributed by atoms with E-state index >= 15 is 0 Å². The number of carbonyl (C=O) groups excluding carboxylic acids is 1. The van der Waals surface area contributed by atoms with Crippen LogP contribution in [0.2, 0.25) is 5.02 Å². The second kappa shape index (κ2) is 20.0. The largest absolute Gasteiger partial charge is 0.486 e. The van der Waals surface area contributed by atoms with E-state index in [2.05, 4.69) is 25.6 Å². The molecule has 2 aromatic heterocycles. The third-order valence-electron chi connectivity index (χ3n) is 6.18. The third-order valence-corrected chi connectivity index (χ3v) is 10.4. The normalized spacial score (nSPS) is 11.4. The lowest BCUT2D eigenvalue weighted by molar-refractivity contribution is -0.134. The minimum atomic E-state index is -3.52. The van der Waals surface area contributed by atoms with Crippen LogP contribution in [-0.2, 0) is 43.4 Å². The van der Waals surface area contributed by atoms with Crippen LogP contribution in [0.25, 0.3) is 10.9 Å². The van der Waals surface area contributed by atoms with Crippen LogP contribution in [0.1, 0.15) is 33.4 Å². The number of hydrogen-bond acceptors (Lipinski definition) is 13. The van der Waals surface area contributed by atoms with Gasteiger partial charge in [-0.1, -0.05) is 17.7 Å². The molecule has 0 spiro atoms. The first-order valence-electron chi connectivity index (χ1n) is 15.5. The van der Waals surface area contributed by atoms with Gasteiger partial charge in [0, 0.05) is 23.0 Å². The van der Waals surface area contributed by atoms with Crippen LogP contribution in [0.5, 0.6) is 5.75 Å². The topological polar surface area (TPSA) is 197 Å². The van der Waals surface area contributed by atoms with Crippen LogP contribution in [0.3, 0.4) is 0 Å². The number of aromatic nitrogens is 3. The Kier molecular flexibility index (Phi) is 16.2. The fraction of sp³-hybridized carbons (Fsp3) is 0.344. The minimum Gasteiger partial charge on any atom is -0.486 e. The summed E-state index contributed by atoms with van der Waals surface area (Å²) in [7, 11) is -6.90. The van der Waals surface area contributed by atoms with Crippen LogP contribution in [-0.4, -0.2) is 70.7 Å². The van der Waals surface area contributed by atoms with Crippen molar-refractivity contribution in [3.8, 4) is 5.75 Å². The SMILES string of the molecule is CCOP(=O)(CC(=O)Nc1ccc2ncnc(Nc3ccc(OCc4ccccn4)c(Cl)c3)c2c1)OCC.CCOP(=O)(CC(=O)O)OCC. The molecule has 2 heterocycles. The molecule has 0 radical (unpaired) electrons. The molecule has 2 aromatic carbocycles. The van der Waals surface area contributed by atoms with E-state index in [1.165, 1.54) is 6.33 Å². The molecule has 0 fully saturated rings. The summed E-state index contributed by atoms with van der Waals surface area (Å²) >= 11 is 6.45. The number of benzene rings is 2. The molecule has 15 nitrogen and oxygen atoms in total. The Morgan fingerprint density at radius 2 is 1.44 bits per heavy atom. The maximum absolute atomic E-state index is 12.7. The van der Waals surface area contributed by atoms with Crippen molar-refractivity contribution >= 4 is 66.8 Å². The minimum absolute atomic E-state index is 0.175. The zero-order valence-electron chi connectivity index (χ0n) is 28.0. The van der Waals surface area contributed by atoms with Gasteiger partial charge >= 0.3 is 21.2 Å². The number of rotatable bonds is 18. The van der Waals surface area contributed by atoms with Crippen LogP contribution < -0.4 is 15.4 Å². The predicted molar refractivity (Wildman–Crippen MR) is 191 cm³/mol. The van der Waals surface area contributed by atoms with Crippen molar-refractivity contribution in [3.63, 3.8) is 0 Å². The number of carbonyl (C=O) groups is 2. The lowest BCUT2D eigenvalue weighted by Crippen LogP contribution is -2.18. The Morgan fingerprint density at radius 1 is 0.800 bits per heavy atom. The average molecular weight is 752 g/mol. The van der Waals surface area contributed by atoms with E-state index in [9.17, 15) is 18.7 Å². The third kappa shape index (κ3) is 13.1. The van der Waals surface area contributed by atoms with Crippen molar-refractivity contribution in [1.29, 1.82) is 0 Å². The van der Waals surface area contributed by atoms with E-state index in [1.54, 1.807) is 64.2 Å². The number of aliphatic carboxylic acids is 1. The van der Waals surface area contributed by atoms with Gasteiger partial charge in [0.2, 0.25) is 5.91 Å². The second-order valence-corrected chi connectivity index (χ2v) is 14.5. The first-order valence-corrected chi connectivity index (χ1v) is 19.4. The van der Waals surface area contributed by atoms with Gasteiger partial charge in [0.25, 0.3) is 0 Å². The smallest absolute Gasteiger partial charge is 0.341 e. The molecular weight excluding hydrogens is 712 g/mol. The van der Waals surface area contributed by atoms with Gasteiger partial charge in [-0.3, -0.25) is 23.7 Å². The zero-order valence-corrected chi connectivity index (χ0v) is 30.6. The molecule has 0 bridgehead atoms. The molecule has 3 N–H and O–H groups in total. The fourth-order valence-electron chi connectivity index (χ4n) is 4.29. The number of ether oxygens (including phenoxy) is 1. The van der Waals surface area contributed by atoms with Crippen LogP contribution >= 0.6 is 26.8 Å². The van der Waals surface area contributed by atoms with Crippen LogP contribution in [0.15, 0.2) is 67.1 Å². The number of hydrogen-bond donors (Lipinski definition) is 3. The molecular formula is C32H40ClN5O10P2. The lowest BCUT2D eigenvalue weighted by atomic mass is 10.2. The van der Waals surface area contributed by atoms with Crippen molar-refractivity contribution in [1.82, 2.24) is 15.0 Å². The Balaban J connectivity index is 0.000000482. The average Bonchev–Trinajstić information content (AvgIpc) is 3.05. The van der Waals surface area contributed by atoms with Gasteiger partial charge in [0.1, 0.15) is 36.8 Å². The Hall–Kier alpha value is -3.94. The van der Waals surface area contributed by atoms with Crippen molar-refractivity contribution in [2.75, 3.05) is 49.4 Å². The van der Waals surface area contributed by atoms with Crippen molar-refractivity contribution in [2.24, 2.45) is 0 Å². The fourth-order valence-corrected chi connectivity index (χ4v) is 7.37. The molecule has 0 aliphatic carbocycles. The van der Waals surface area contributed by atoms with Crippen LogP contribution in [0, 0.1) is 0 Å². The molecule has 0 aliphatic heterocycles. The number of carboxylic acids is 1. The van der Waals surface area contributed by atoms with E-state index in [-0.39, 0.29) is 26.4 Å². The highest BCUT2D eigenvalue weighted by Gasteiger charge is 2.28. The summed E-state index contributed by atoms with van der Waals surface area (Å²) in [4.78, 5) is 35.7. The first-order chi connectivity index (χ1) is 23.9. The molecule has 0 saturated carbocycles. The Labute approximate surface area is 295 Å². The number of carboxylic acid groups (broad SMARTS) is 1. The predicted octanol–water partition coefficient (Wildman–Crippen LogP) is 7.54. The molecule has 50 heavy (non-hydrogen) atoms.